The van der Waals surface area contributed by atoms with Gasteiger partial charge in [0.1, 0.15) is 5.75 Å². The third-order valence-corrected chi connectivity index (χ3v) is 3.30. The summed E-state index contributed by atoms with van der Waals surface area (Å²) < 4.78 is 5.72. The predicted octanol–water partition coefficient (Wildman–Crippen LogP) is 2.66. The van der Waals surface area contributed by atoms with Crippen LogP contribution < -0.4 is 15.8 Å². The number of hydrogen-bond donors (Lipinski definition) is 2. The van der Waals surface area contributed by atoms with E-state index in [1.165, 1.54) is 11.1 Å². The van der Waals surface area contributed by atoms with Crippen LogP contribution >= 0.6 is 12.4 Å². The number of halogens is 1. The molecule has 0 saturated carbocycles. The number of aryl methyl sites for hydroxylation is 2. The molecule has 0 aliphatic rings. The van der Waals surface area contributed by atoms with E-state index < -0.39 is 0 Å². The first kappa shape index (κ1) is 19.7. The zero-order valence-corrected chi connectivity index (χ0v) is 14.0. The molecule has 0 saturated heterocycles. The van der Waals surface area contributed by atoms with Gasteiger partial charge in [-0.2, -0.15) is 0 Å². The third-order valence-electron chi connectivity index (χ3n) is 3.30. The van der Waals surface area contributed by atoms with Crippen LogP contribution in [-0.2, 0) is 4.79 Å². The first-order chi connectivity index (χ1) is 9.54. The van der Waals surface area contributed by atoms with Gasteiger partial charge in [-0.3, -0.25) is 4.79 Å². The Kier molecular flexibility index (Phi) is 9.84. The molecule has 5 heteroatoms. The van der Waals surface area contributed by atoms with E-state index >= 15 is 0 Å². The number of carbonyl (C=O) groups excluding carboxylic acids is 1. The molecular formula is C16H27ClN2O2. The summed E-state index contributed by atoms with van der Waals surface area (Å²) in [4.78, 5) is 11.6. The average molecular weight is 315 g/mol. The number of nitrogens with two attached hydrogens (primary N) is 1. The number of nitrogens with one attached hydrogen (secondary N) is 1. The second kappa shape index (κ2) is 10.5. The summed E-state index contributed by atoms with van der Waals surface area (Å²) in [6.07, 6.45) is 2.26. The van der Waals surface area contributed by atoms with Crippen molar-refractivity contribution in [1.82, 2.24) is 5.32 Å². The van der Waals surface area contributed by atoms with Gasteiger partial charge in [0.2, 0.25) is 5.91 Å². The molecule has 0 aromatic heterocycles. The molecule has 0 spiro atoms. The maximum Gasteiger partial charge on any atom is 0.223 e. The smallest absolute Gasteiger partial charge is 0.223 e. The van der Waals surface area contributed by atoms with Gasteiger partial charge in [0.25, 0.3) is 0 Å². The minimum Gasteiger partial charge on any atom is -0.493 e. The Balaban J connectivity index is 0.00000400. The van der Waals surface area contributed by atoms with E-state index in [0.717, 1.165) is 24.2 Å². The fourth-order valence-corrected chi connectivity index (χ4v) is 1.99. The summed E-state index contributed by atoms with van der Waals surface area (Å²) in [6.45, 7) is 7.93. The van der Waals surface area contributed by atoms with E-state index in [2.05, 4.69) is 18.3 Å². The molecule has 0 fully saturated rings. The minimum atomic E-state index is 0. The van der Waals surface area contributed by atoms with Crippen molar-refractivity contribution in [3.63, 3.8) is 0 Å². The molecule has 1 aromatic rings. The molecule has 0 bridgehead atoms. The van der Waals surface area contributed by atoms with Gasteiger partial charge in [0, 0.05) is 6.54 Å². The number of ether oxygens (including phenoxy) is 1. The lowest BCUT2D eigenvalue weighted by atomic mass is 10.1. The van der Waals surface area contributed by atoms with Crippen molar-refractivity contribution in [2.24, 2.45) is 5.73 Å². The molecule has 0 radical (unpaired) electrons. The SMILES string of the molecule is Cc1cc(C)c(C)c(OCCC(=O)NCCCCN)c1.Cl. The lowest BCUT2D eigenvalue weighted by Gasteiger charge is -2.12. The summed E-state index contributed by atoms with van der Waals surface area (Å²) in [5, 5.41) is 2.87. The topological polar surface area (TPSA) is 64.3 Å². The Morgan fingerprint density at radius 2 is 1.95 bits per heavy atom. The number of carbonyl (C=O) groups is 1. The highest BCUT2D eigenvalue weighted by atomic mass is 35.5. The number of rotatable bonds is 8. The van der Waals surface area contributed by atoms with E-state index in [1.54, 1.807) is 0 Å². The number of hydrogen-bond acceptors (Lipinski definition) is 3. The van der Waals surface area contributed by atoms with Gasteiger partial charge in [0.15, 0.2) is 0 Å². The summed E-state index contributed by atoms with van der Waals surface area (Å²) in [7, 11) is 0. The summed E-state index contributed by atoms with van der Waals surface area (Å²) in [5.41, 5.74) is 8.92. The molecule has 4 nitrogen and oxygen atoms in total. The largest absolute Gasteiger partial charge is 0.493 e. The monoisotopic (exact) mass is 314 g/mol. The molecule has 0 atom stereocenters. The lowest BCUT2D eigenvalue weighted by Crippen LogP contribution is -2.26. The Hall–Kier alpha value is -1.26. The Labute approximate surface area is 133 Å². The standard InChI is InChI=1S/C16H26N2O2.ClH/c1-12-10-13(2)14(3)15(11-12)20-9-6-16(19)18-8-5-4-7-17;/h10-11H,4-9,17H2,1-3H3,(H,18,19);1H. The summed E-state index contributed by atoms with van der Waals surface area (Å²) >= 11 is 0. The fourth-order valence-electron chi connectivity index (χ4n) is 1.99. The molecular weight excluding hydrogens is 288 g/mol. The van der Waals surface area contributed by atoms with Gasteiger partial charge in [0.05, 0.1) is 13.0 Å². The Bertz CT molecular complexity index is 450. The average Bonchev–Trinajstić information content (AvgIpc) is 2.40. The van der Waals surface area contributed by atoms with Crippen LogP contribution in [0.25, 0.3) is 0 Å². The van der Waals surface area contributed by atoms with Crippen molar-refractivity contribution < 1.29 is 9.53 Å². The van der Waals surface area contributed by atoms with Crippen molar-refractivity contribution in [1.29, 1.82) is 0 Å². The van der Waals surface area contributed by atoms with E-state index in [-0.39, 0.29) is 18.3 Å². The maximum absolute atomic E-state index is 11.6. The van der Waals surface area contributed by atoms with E-state index in [9.17, 15) is 4.79 Å². The van der Waals surface area contributed by atoms with Gasteiger partial charge < -0.3 is 15.8 Å². The first-order valence-corrected chi connectivity index (χ1v) is 7.22. The van der Waals surface area contributed by atoms with E-state index in [0.29, 0.717) is 26.1 Å². The summed E-state index contributed by atoms with van der Waals surface area (Å²) in [5.74, 6) is 0.905. The van der Waals surface area contributed by atoms with Gasteiger partial charge in [-0.1, -0.05) is 6.07 Å². The van der Waals surface area contributed by atoms with E-state index in [1.807, 2.05) is 19.9 Å². The highest BCUT2D eigenvalue weighted by Crippen LogP contribution is 2.23. The molecule has 1 rings (SSSR count). The van der Waals surface area contributed by atoms with Crippen LogP contribution in [0.1, 0.15) is 36.0 Å². The van der Waals surface area contributed by atoms with Crippen LogP contribution in [0, 0.1) is 20.8 Å². The van der Waals surface area contributed by atoms with Crippen molar-refractivity contribution in [3.05, 3.63) is 28.8 Å². The van der Waals surface area contributed by atoms with Crippen LogP contribution in [0.5, 0.6) is 5.75 Å². The van der Waals surface area contributed by atoms with Crippen LogP contribution in [0.15, 0.2) is 12.1 Å². The molecule has 1 aromatic carbocycles. The Morgan fingerprint density at radius 1 is 1.24 bits per heavy atom. The van der Waals surface area contributed by atoms with Gasteiger partial charge in [-0.05, 0) is 62.9 Å². The number of amides is 1. The number of unbranched alkanes of at least 4 members (excludes halogenated alkanes) is 1. The highest BCUT2D eigenvalue weighted by molar-refractivity contribution is 5.85. The fraction of sp³-hybridized carbons (Fsp3) is 0.562. The summed E-state index contributed by atoms with van der Waals surface area (Å²) in [6, 6.07) is 4.15. The van der Waals surface area contributed by atoms with Crippen molar-refractivity contribution >= 4 is 18.3 Å². The molecule has 0 heterocycles. The molecule has 0 aliphatic heterocycles. The lowest BCUT2D eigenvalue weighted by molar-refractivity contribution is -0.121. The molecule has 0 unspecified atom stereocenters. The normalized spacial score (nSPS) is 9.90. The molecule has 0 aliphatic carbocycles. The van der Waals surface area contributed by atoms with Crippen molar-refractivity contribution in [3.8, 4) is 5.75 Å². The third kappa shape index (κ3) is 7.34. The van der Waals surface area contributed by atoms with E-state index in [4.69, 9.17) is 10.5 Å². The maximum atomic E-state index is 11.6. The van der Waals surface area contributed by atoms with Crippen LogP contribution in [0.3, 0.4) is 0 Å². The van der Waals surface area contributed by atoms with Crippen LogP contribution in [0.4, 0.5) is 0 Å². The molecule has 3 N–H and O–H groups in total. The second-order valence-corrected chi connectivity index (χ2v) is 5.15. The quantitative estimate of drug-likeness (QED) is 0.725. The zero-order chi connectivity index (χ0) is 15.0. The van der Waals surface area contributed by atoms with Crippen LogP contribution in [-0.4, -0.2) is 25.6 Å². The van der Waals surface area contributed by atoms with Gasteiger partial charge in [-0.15, -0.1) is 12.4 Å². The van der Waals surface area contributed by atoms with Crippen molar-refractivity contribution in [2.75, 3.05) is 19.7 Å². The van der Waals surface area contributed by atoms with Gasteiger partial charge in [-0.25, -0.2) is 0 Å². The van der Waals surface area contributed by atoms with Crippen molar-refractivity contribution in [2.45, 2.75) is 40.0 Å². The highest BCUT2D eigenvalue weighted by Gasteiger charge is 2.06. The molecule has 21 heavy (non-hydrogen) atoms. The number of benzene rings is 1. The molecule has 120 valence electrons. The Morgan fingerprint density at radius 3 is 2.62 bits per heavy atom. The first-order valence-electron chi connectivity index (χ1n) is 7.22. The van der Waals surface area contributed by atoms with Gasteiger partial charge >= 0.3 is 0 Å². The zero-order valence-electron chi connectivity index (χ0n) is 13.2. The van der Waals surface area contributed by atoms with Crippen LogP contribution in [0.2, 0.25) is 0 Å². The minimum absolute atomic E-state index is 0. The second-order valence-electron chi connectivity index (χ2n) is 5.15. The predicted molar refractivity (Wildman–Crippen MR) is 89.3 cm³/mol. The molecule has 1 amide bonds.